The number of anilines is 1. The molecule has 1 rings (SSSR count). The minimum atomic E-state index is -0.389. The molecule has 0 aliphatic carbocycles. The summed E-state index contributed by atoms with van der Waals surface area (Å²) >= 11 is 0. The summed E-state index contributed by atoms with van der Waals surface area (Å²) in [5.41, 5.74) is 7.54. The fourth-order valence-electron chi connectivity index (χ4n) is 1.71. The lowest BCUT2D eigenvalue weighted by Crippen LogP contribution is -2.36. The molecule has 0 heterocycles. The molecule has 0 radical (unpaired) electrons. The molecule has 4 heteroatoms. The standard InChI is InChI=1S/C16H26N2O2/c1-12(2)9-11-20-13(3)16(19)18-10-8-14-4-6-15(17)7-5-14/h4-7,12-13H,8-11,17H2,1-3H3,(H,18,19). The molecule has 112 valence electrons. The van der Waals surface area contributed by atoms with Gasteiger partial charge in [-0.3, -0.25) is 4.79 Å². The molecule has 0 bridgehead atoms. The van der Waals surface area contributed by atoms with Crippen molar-refractivity contribution in [1.82, 2.24) is 5.32 Å². The highest BCUT2D eigenvalue weighted by Crippen LogP contribution is 2.05. The van der Waals surface area contributed by atoms with E-state index in [1.54, 1.807) is 6.92 Å². The van der Waals surface area contributed by atoms with Crippen molar-refractivity contribution >= 4 is 11.6 Å². The zero-order valence-electron chi connectivity index (χ0n) is 12.7. The number of ether oxygens (including phenoxy) is 1. The van der Waals surface area contributed by atoms with Gasteiger partial charge in [-0.05, 0) is 43.4 Å². The van der Waals surface area contributed by atoms with Crippen LogP contribution in [-0.4, -0.2) is 25.2 Å². The number of nitrogen functional groups attached to an aromatic ring is 1. The molecular weight excluding hydrogens is 252 g/mol. The maximum absolute atomic E-state index is 11.8. The smallest absolute Gasteiger partial charge is 0.248 e. The fourth-order valence-corrected chi connectivity index (χ4v) is 1.71. The fraction of sp³-hybridized carbons (Fsp3) is 0.562. The highest BCUT2D eigenvalue weighted by atomic mass is 16.5. The van der Waals surface area contributed by atoms with E-state index in [1.165, 1.54) is 0 Å². The van der Waals surface area contributed by atoms with Gasteiger partial charge >= 0.3 is 0 Å². The Morgan fingerprint density at radius 2 is 1.90 bits per heavy atom. The summed E-state index contributed by atoms with van der Waals surface area (Å²) in [4.78, 5) is 11.8. The Morgan fingerprint density at radius 1 is 1.25 bits per heavy atom. The SMILES string of the molecule is CC(C)CCOC(C)C(=O)NCCc1ccc(N)cc1. The number of nitrogens with two attached hydrogens (primary N) is 1. The summed E-state index contributed by atoms with van der Waals surface area (Å²) in [5, 5.41) is 2.89. The van der Waals surface area contributed by atoms with Gasteiger partial charge in [-0.1, -0.05) is 26.0 Å². The highest BCUT2D eigenvalue weighted by molar-refractivity contribution is 5.80. The van der Waals surface area contributed by atoms with Crippen LogP contribution in [0.2, 0.25) is 0 Å². The summed E-state index contributed by atoms with van der Waals surface area (Å²) in [6, 6.07) is 7.69. The van der Waals surface area contributed by atoms with Crippen LogP contribution in [0.1, 0.15) is 32.8 Å². The minimum Gasteiger partial charge on any atom is -0.399 e. The lowest BCUT2D eigenvalue weighted by molar-refractivity contribution is -0.131. The third-order valence-corrected chi connectivity index (χ3v) is 3.12. The molecule has 1 aromatic carbocycles. The van der Waals surface area contributed by atoms with Crippen molar-refractivity contribution in [3.63, 3.8) is 0 Å². The predicted octanol–water partition coefficient (Wildman–Crippen LogP) is 2.38. The topological polar surface area (TPSA) is 64.3 Å². The molecule has 0 fully saturated rings. The molecule has 0 aliphatic rings. The Balaban J connectivity index is 2.20. The first-order chi connectivity index (χ1) is 9.49. The van der Waals surface area contributed by atoms with Crippen LogP contribution in [0.3, 0.4) is 0 Å². The van der Waals surface area contributed by atoms with E-state index < -0.39 is 0 Å². The van der Waals surface area contributed by atoms with Gasteiger partial charge in [-0.2, -0.15) is 0 Å². The second-order valence-corrected chi connectivity index (χ2v) is 5.48. The molecule has 1 atom stereocenters. The van der Waals surface area contributed by atoms with Crippen LogP contribution in [0, 0.1) is 5.92 Å². The first-order valence-electron chi connectivity index (χ1n) is 7.22. The van der Waals surface area contributed by atoms with Gasteiger partial charge in [0.15, 0.2) is 0 Å². The number of hydrogen-bond donors (Lipinski definition) is 2. The van der Waals surface area contributed by atoms with Crippen LogP contribution in [0.25, 0.3) is 0 Å². The zero-order chi connectivity index (χ0) is 15.0. The average molecular weight is 278 g/mol. The van der Waals surface area contributed by atoms with Gasteiger partial charge in [0, 0.05) is 18.8 Å². The Hall–Kier alpha value is -1.55. The zero-order valence-corrected chi connectivity index (χ0v) is 12.7. The molecule has 4 nitrogen and oxygen atoms in total. The van der Waals surface area contributed by atoms with Crippen LogP contribution in [-0.2, 0) is 16.0 Å². The van der Waals surface area contributed by atoms with Crippen molar-refractivity contribution in [3.05, 3.63) is 29.8 Å². The van der Waals surface area contributed by atoms with E-state index in [9.17, 15) is 4.79 Å². The molecular formula is C16H26N2O2. The third kappa shape index (κ3) is 6.57. The van der Waals surface area contributed by atoms with Crippen LogP contribution in [0.4, 0.5) is 5.69 Å². The average Bonchev–Trinajstić information content (AvgIpc) is 2.40. The van der Waals surface area contributed by atoms with Crippen molar-refractivity contribution in [2.45, 2.75) is 39.7 Å². The third-order valence-electron chi connectivity index (χ3n) is 3.12. The van der Waals surface area contributed by atoms with Crippen LogP contribution in [0.15, 0.2) is 24.3 Å². The number of carbonyl (C=O) groups is 1. The second-order valence-electron chi connectivity index (χ2n) is 5.48. The molecule has 1 unspecified atom stereocenters. The first kappa shape index (κ1) is 16.5. The molecule has 0 aromatic heterocycles. The summed E-state index contributed by atoms with van der Waals surface area (Å²) in [6.45, 7) is 7.31. The molecule has 0 aliphatic heterocycles. The number of benzene rings is 1. The Kier molecular flexibility index (Phi) is 7.09. The van der Waals surface area contributed by atoms with E-state index in [-0.39, 0.29) is 12.0 Å². The van der Waals surface area contributed by atoms with Gasteiger partial charge in [-0.25, -0.2) is 0 Å². The second kappa shape index (κ2) is 8.59. The van der Waals surface area contributed by atoms with Crippen LogP contribution >= 0.6 is 0 Å². The number of carbonyl (C=O) groups excluding carboxylic acids is 1. The summed E-state index contributed by atoms with van der Waals surface area (Å²) in [7, 11) is 0. The first-order valence-corrected chi connectivity index (χ1v) is 7.22. The summed E-state index contributed by atoms with van der Waals surface area (Å²) in [6.07, 6.45) is 1.38. The summed E-state index contributed by atoms with van der Waals surface area (Å²) in [5.74, 6) is 0.542. The molecule has 20 heavy (non-hydrogen) atoms. The Labute approximate surface area is 121 Å². The van der Waals surface area contributed by atoms with Crippen molar-refractivity contribution in [1.29, 1.82) is 0 Å². The van der Waals surface area contributed by atoms with Gasteiger partial charge in [0.25, 0.3) is 0 Å². The molecule has 0 saturated carbocycles. The molecule has 1 aromatic rings. The Bertz CT molecular complexity index is 401. The predicted molar refractivity (Wildman–Crippen MR) is 82.4 cm³/mol. The van der Waals surface area contributed by atoms with E-state index in [0.717, 1.165) is 24.1 Å². The monoisotopic (exact) mass is 278 g/mol. The van der Waals surface area contributed by atoms with E-state index in [1.807, 2.05) is 24.3 Å². The van der Waals surface area contributed by atoms with E-state index in [4.69, 9.17) is 10.5 Å². The van der Waals surface area contributed by atoms with Gasteiger partial charge in [0.2, 0.25) is 5.91 Å². The number of amides is 1. The van der Waals surface area contributed by atoms with Gasteiger partial charge < -0.3 is 15.8 Å². The Morgan fingerprint density at radius 3 is 2.50 bits per heavy atom. The van der Waals surface area contributed by atoms with E-state index in [2.05, 4.69) is 19.2 Å². The maximum Gasteiger partial charge on any atom is 0.248 e. The van der Waals surface area contributed by atoms with E-state index >= 15 is 0 Å². The van der Waals surface area contributed by atoms with Crippen LogP contribution in [0.5, 0.6) is 0 Å². The molecule has 0 spiro atoms. The molecule has 0 saturated heterocycles. The normalized spacial score (nSPS) is 12.4. The van der Waals surface area contributed by atoms with Crippen molar-refractivity contribution in [2.24, 2.45) is 5.92 Å². The van der Waals surface area contributed by atoms with Crippen molar-refractivity contribution < 1.29 is 9.53 Å². The van der Waals surface area contributed by atoms with Crippen molar-refractivity contribution in [2.75, 3.05) is 18.9 Å². The number of nitrogens with one attached hydrogen (secondary N) is 1. The minimum absolute atomic E-state index is 0.0517. The number of hydrogen-bond acceptors (Lipinski definition) is 3. The van der Waals surface area contributed by atoms with Crippen molar-refractivity contribution in [3.8, 4) is 0 Å². The maximum atomic E-state index is 11.8. The largest absolute Gasteiger partial charge is 0.399 e. The lowest BCUT2D eigenvalue weighted by atomic mass is 10.1. The van der Waals surface area contributed by atoms with Gasteiger partial charge in [0.05, 0.1) is 0 Å². The van der Waals surface area contributed by atoms with Crippen LogP contribution < -0.4 is 11.1 Å². The molecule has 1 amide bonds. The summed E-state index contributed by atoms with van der Waals surface area (Å²) < 4.78 is 5.50. The number of rotatable bonds is 8. The lowest BCUT2D eigenvalue weighted by Gasteiger charge is -2.14. The van der Waals surface area contributed by atoms with E-state index in [0.29, 0.717) is 19.1 Å². The quantitative estimate of drug-likeness (QED) is 0.718. The van der Waals surface area contributed by atoms with Gasteiger partial charge in [-0.15, -0.1) is 0 Å². The molecule has 3 N–H and O–H groups in total. The van der Waals surface area contributed by atoms with Gasteiger partial charge in [0.1, 0.15) is 6.10 Å². The highest BCUT2D eigenvalue weighted by Gasteiger charge is 2.12.